The Balaban J connectivity index is 2.13. The third-order valence-electron chi connectivity index (χ3n) is 4.74. The Morgan fingerprint density at radius 2 is 2.00 bits per heavy atom. The normalized spacial score (nSPS) is 22.6. The summed E-state index contributed by atoms with van der Waals surface area (Å²) in [5.74, 6) is 0.791. The van der Waals surface area contributed by atoms with Crippen molar-refractivity contribution in [1.82, 2.24) is 9.27 Å². The number of rotatable bonds is 4. The summed E-state index contributed by atoms with van der Waals surface area (Å²) >= 11 is 1.60. The maximum Gasteiger partial charge on any atom is 0.342 e. The Labute approximate surface area is 150 Å². The number of carbonyl (C=O) groups is 1. The van der Waals surface area contributed by atoms with E-state index in [4.69, 9.17) is 0 Å². The van der Waals surface area contributed by atoms with Gasteiger partial charge in [0.2, 0.25) is 0 Å². The van der Waals surface area contributed by atoms with Crippen molar-refractivity contribution >= 4 is 17.6 Å². The van der Waals surface area contributed by atoms with E-state index >= 15 is 0 Å². The Bertz CT molecular complexity index is 601. The molecule has 5 heteroatoms. The van der Waals surface area contributed by atoms with Crippen LogP contribution in [0.4, 0.5) is 4.79 Å². The third kappa shape index (κ3) is 5.47. The highest BCUT2D eigenvalue weighted by Crippen LogP contribution is 2.23. The van der Waals surface area contributed by atoms with E-state index in [9.17, 15) is 4.79 Å². The molecule has 1 aliphatic rings. The first-order valence-electron chi connectivity index (χ1n) is 9.37. The number of nitrogens with zero attached hydrogens (tertiary/aromatic N) is 2. The summed E-state index contributed by atoms with van der Waals surface area (Å²) in [6.45, 7) is 11.0. The number of amides is 2. The van der Waals surface area contributed by atoms with Crippen LogP contribution >= 0.6 is 11.5 Å². The van der Waals surface area contributed by atoms with E-state index in [0.717, 1.165) is 42.7 Å². The van der Waals surface area contributed by atoms with Crippen LogP contribution in [0.25, 0.3) is 0 Å². The quantitative estimate of drug-likeness (QED) is 0.829. The molecular formula is C19H33N3OS. The fourth-order valence-corrected chi connectivity index (χ4v) is 4.08. The molecule has 1 N–H and O–H groups in total. The largest absolute Gasteiger partial charge is 0.342 e. The summed E-state index contributed by atoms with van der Waals surface area (Å²) in [6, 6.07) is 0.126. The minimum absolute atomic E-state index is 0.0232. The molecule has 4 nitrogen and oxygen atoms in total. The number of nitrogens with one attached hydrogen (secondary N) is 1. The van der Waals surface area contributed by atoms with Gasteiger partial charge in [0.1, 0.15) is 4.67 Å². The van der Waals surface area contributed by atoms with Crippen LogP contribution in [-0.4, -0.2) is 16.0 Å². The summed E-state index contributed by atoms with van der Waals surface area (Å²) < 4.78 is 3.09. The third-order valence-corrected chi connectivity index (χ3v) is 6.12. The van der Waals surface area contributed by atoms with Gasteiger partial charge in [-0.25, -0.2) is 4.79 Å². The second-order valence-electron chi connectivity index (χ2n) is 8.17. The molecule has 136 valence electrons. The van der Waals surface area contributed by atoms with Crippen molar-refractivity contribution < 1.29 is 4.79 Å². The zero-order chi connectivity index (χ0) is 17.7. The highest BCUT2D eigenvalue weighted by molar-refractivity contribution is 7.04. The van der Waals surface area contributed by atoms with Crippen LogP contribution in [0.15, 0.2) is 11.2 Å². The summed E-state index contributed by atoms with van der Waals surface area (Å²) in [6.07, 6.45) is 10.0. The number of unbranched alkanes of at least 4 members (excludes halogenated alkanes) is 1. The molecule has 1 saturated carbocycles. The Hall–Kier alpha value is -1.10. The van der Waals surface area contributed by atoms with E-state index in [1.807, 2.05) is 0 Å². The zero-order valence-electron chi connectivity index (χ0n) is 15.9. The zero-order valence-corrected chi connectivity index (χ0v) is 16.7. The van der Waals surface area contributed by atoms with Crippen LogP contribution in [0.3, 0.4) is 0 Å². The molecule has 2 amide bonds. The van der Waals surface area contributed by atoms with Crippen molar-refractivity contribution in [1.29, 1.82) is 0 Å². The first kappa shape index (κ1) is 19.2. The molecule has 0 unspecified atom stereocenters. The molecule has 1 aromatic heterocycles. The van der Waals surface area contributed by atoms with E-state index < -0.39 is 0 Å². The minimum atomic E-state index is -0.171. The van der Waals surface area contributed by atoms with Crippen molar-refractivity contribution in [2.45, 2.75) is 91.1 Å². The van der Waals surface area contributed by atoms with Crippen LogP contribution in [0.2, 0.25) is 0 Å². The monoisotopic (exact) mass is 351 g/mol. The standard InChI is InChI=1S/C19H33N3OS/c1-6-7-8-15-13-22(19(3,4)5)24-17(15)21-18(23)20-16-11-9-14(2)10-12-16/h13-14,16H,6-12H2,1-5H3,(H,20,23)/b21-17-. The minimum Gasteiger partial charge on any atom is -0.333 e. The molecule has 2 rings (SSSR count). The van der Waals surface area contributed by atoms with Crippen molar-refractivity contribution in [3.8, 4) is 0 Å². The van der Waals surface area contributed by atoms with Gasteiger partial charge in [-0.15, -0.1) is 0 Å². The molecule has 0 bridgehead atoms. The molecular weight excluding hydrogens is 318 g/mol. The van der Waals surface area contributed by atoms with Gasteiger partial charge in [0, 0.05) is 23.3 Å². The molecule has 1 heterocycles. The van der Waals surface area contributed by atoms with E-state index in [-0.39, 0.29) is 11.6 Å². The molecule has 0 aliphatic heterocycles. The van der Waals surface area contributed by atoms with Gasteiger partial charge in [-0.05, 0) is 76.7 Å². The van der Waals surface area contributed by atoms with Crippen molar-refractivity contribution in [2.24, 2.45) is 10.9 Å². The first-order chi connectivity index (χ1) is 11.3. The molecule has 1 aliphatic carbocycles. The maximum absolute atomic E-state index is 12.4. The van der Waals surface area contributed by atoms with Crippen molar-refractivity contribution in [2.75, 3.05) is 0 Å². The molecule has 0 aromatic carbocycles. The van der Waals surface area contributed by atoms with Gasteiger partial charge in [-0.2, -0.15) is 4.99 Å². The Morgan fingerprint density at radius 1 is 1.33 bits per heavy atom. The first-order valence-corrected chi connectivity index (χ1v) is 10.1. The number of carbonyl (C=O) groups excluding carboxylic acids is 1. The van der Waals surface area contributed by atoms with Gasteiger partial charge in [-0.1, -0.05) is 20.3 Å². The van der Waals surface area contributed by atoms with E-state index in [0.29, 0.717) is 6.04 Å². The van der Waals surface area contributed by atoms with E-state index in [2.05, 4.69) is 55.1 Å². The number of aromatic nitrogens is 1. The van der Waals surface area contributed by atoms with Gasteiger partial charge in [0.25, 0.3) is 0 Å². The molecule has 0 saturated heterocycles. The summed E-state index contributed by atoms with van der Waals surface area (Å²) in [5, 5.41) is 3.11. The molecule has 1 aromatic rings. The lowest BCUT2D eigenvalue weighted by Gasteiger charge is -2.26. The lowest BCUT2D eigenvalue weighted by atomic mass is 9.87. The predicted octanol–water partition coefficient (Wildman–Crippen LogP) is 4.84. The molecule has 1 fully saturated rings. The van der Waals surface area contributed by atoms with Crippen molar-refractivity contribution in [3.05, 3.63) is 16.4 Å². The summed E-state index contributed by atoms with van der Waals surface area (Å²) in [4.78, 5) is 16.8. The Morgan fingerprint density at radius 3 is 2.58 bits per heavy atom. The van der Waals surface area contributed by atoms with Crippen LogP contribution in [0, 0.1) is 5.92 Å². The SMILES string of the molecule is CCCCc1cn(C(C)(C)C)s/c1=N\C(=O)NC1CCC(C)CC1. The average Bonchev–Trinajstić information content (AvgIpc) is 2.90. The van der Waals surface area contributed by atoms with Crippen LogP contribution in [0.1, 0.15) is 78.7 Å². The number of aryl methyl sites for hydroxylation is 1. The van der Waals surface area contributed by atoms with Gasteiger partial charge < -0.3 is 5.32 Å². The maximum atomic E-state index is 12.4. The number of hydrogen-bond donors (Lipinski definition) is 1. The van der Waals surface area contributed by atoms with E-state index in [1.54, 1.807) is 11.5 Å². The fourth-order valence-electron chi connectivity index (χ4n) is 3.04. The number of hydrogen-bond acceptors (Lipinski definition) is 2. The van der Waals surface area contributed by atoms with Gasteiger partial charge >= 0.3 is 6.03 Å². The smallest absolute Gasteiger partial charge is 0.333 e. The lowest BCUT2D eigenvalue weighted by molar-refractivity contribution is 0.236. The Kier molecular flexibility index (Phi) is 6.67. The average molecular weight is 352 g/mol. The van der Waals surface area contributed by atoms with E-state index in [1.165, 1.54) is 18.4 Å². The fraction of sp³-hybridized carbons (Fsp3) is 0.789. The van der Waals surface area contributed by atoms with Crippen LogP contribution in [-0.2, 0) is 12.0 Å². The summed E-state index contributed by atoms with van der Waals surface area (Å²) in [5.41, 5.74) is 1.22. The van der Waals surface area contributed by atoms with Crippen molar-refractivity contribution in [3.63, 3.8) is 0 Å². The van der Waals surface area contributed by atoms with Crippen LogP contribution in [0.5, 0.6) is 0 Å². The molecule has 0 spiro atoms. The number of urea groups is 1. The van der Waals surface area contributed by atoms with Gasteiger partial charge in [0.05, 0.1) is 0 Å². The highest BCUT2D eigenvalue weighted by atomic mass is 32.1. The topological polar surface area (TPSA) is 46.4 Å². The second kappa shape index (κ2) is 8.32. The summed E-state index contributed by atoms with van der Waals surface area (Å²) in [7, 11) is 0. The van der Waals surface area contributed by atoms with Gasteiger partial charge in [0.15, 0.2) is 0 Å². The molecule has 24 heavy (non-hydrogen) atoms. The highest BCUT2D eigenvalue weighted by Gasteiger charge is 2.20. The lowest BCUT2D eigenvalue weighted by Crippen LogP contribution is -2.36. The molecule has 0 atom stereocenters. The predicted molar refractivity (Wildman–Crippen MR) is 101 cm³/mol. The molecule has 0 radical (unpaired) electrons. The van der Waals surface area contributed by atoms with Crippen LogP contribution < -0.4 is 9.99 Å². The second-order valence-corrected chi connectivity index (χ2v) is 9.13. The van der Waals surface area contributed by atoms with Gasteiger partial charge in [-0.3, -0.25) is 3.96 Å².